The zero-order valence-electron chi connectivity index (χ0n) is 14.9. The van der Waals surface area contributed by atoms with Gasteiger partial charge in [0.15, 0.2) is 0 Å². The van der Waals surface area contributed by atoms with E-state index in [1.165, 1.54) is 6.08 Å². The molecule has 7 heteroatoms. The Labute approximate surface area is 168 Å². The standard InChI is InChI=1S/C20H18Cl2N2O3/c1-3-26-18-11-19(27-4-2)17(22)9-13(18)8-14(12-23)20(25)24-16-7-5-6-15(21)10-16/h5-11H,3-4H2,1-2H3,(H,24,25)/b14-8+. The van der Waals surface area contributed by atoms with Crippen molar-refractivity contribution in [2.45, 2.75) is 13.8 Å². The zero-order chi connectivity index (χ0) is 19.8. The fourth-order valence-electron chi connectivity index (χ4n) is 2.28. The van der Waals surface area contributed by atoms with Gasteiger partial charge in [-0.1, -0.05) is 29.3 Å². The number of amides is 1. The van der Waals surface area contributed by atoms with Crippen molar-refractivity contribution in [1.82, 2.24) is 0 Å². The first-order valence-corrected chi connectivity index (χ1v) is 9.01. The minimum atomic E-state index is -0.563. The van der Waals surface area contributed by atoms with Gasteiger partial charge in [0.05, 0.1) is 18.2 Å². The summed E-state index contributed by atoms with van der Waals surface area (Å²) < 4.78 is 11.1. The number of anilines is 1. The van der Waals surface area contributed by atoms with Crippen molar-refractivity contribution >= 4 is 40.9 Å². The lowest BCUT2D eigenvalue weighted by Crippen LogP contribution is -2.13. The molecule has 140 valence electrons. The van der Waals surface area contributed by atoms with E-state index in [1.54, 1.807) is 36.4 Å². The second-order valence-corrected chi connectivity index (χ2v) is 6.16. The van der Waals surface area contributed by atoms with Crippen molar-refractivity contribution in [2.75, 3.05) is 18.5 Å². The Bertz CT molecular complexity index is 905. The van der Waals surface area contributed by atoms with Crippen LogP contribution in [0.4, 0.5) is 5.69 Å². The predicted octanol–water partition coefficient (Wildman–Crippen LogP) is 5.34. The highest BCUT2D eigenvalue weighted by Gasteiger charge is 2.14. The van der Waals surface area contributed by atoms with Gasteiger partial charge < -0.3 is 14.8 Å². The number of benzene rings is 2. The summed E-state index contributed by atoms with van der Waals surface area (Å²) in [6.45, 7) is 4.54. The average Bonchev–Trinajstić information content (AvgIpc) is 2.63. The van der Waals surface area contributed by atoms with Crippen LogP contribution in [-0.4, -0.2) is 19.1 Å². The monoisotopic (exact) mass is 404 g/mol. The molecule has 0 fully saturated rings. The van der Waals surface area contributed by atoms with Crippen molar-refractivity contribution in [3.05, 3.63) is 57.6 Å². The molecule has 0 spiro atoms. The van der Waals surface area contributed by atoms with Crippen LogP contribution >= 0.6 is 23.2 Å². The van der Waals surface area contributed by atoms with E-state index in [9.17, 15) is 10.1 Å². The summed E-state index contributed by atoms with van der Waals surface area (Å²) in [7, 11) is 0. The molecule has 0 atom stereocenters. The number of nitrogens with zero attached hydrogens (tertiary/aromatic N) is 1. The van der Waals surface area contributed by atoms with E-state index in [4.69, 9.17) is 32.7 Å². The Morgan fingerprint density at radius 1 is 1.15 bits per heavy atom. The number of carbonyl (C=O) groups is 1. The first kappa shape index (κ1) is 20.6. The van der Waals surface area contributed by atoms with Gasteiger partial charge in [0.2, 0.25) is 0 Å². The molecule has 2 aromatic carbocycles. The molecule has 2 rings (SSSR count). The van der Waals surface area contributed by atoms with Gasteiger partial charge in [0.1, 0.15) is 23.1 Å². The SMILES string of the molecule is CCOc1cc(OCC)c(/C=C(\C#N)C(=O)Nc2cccc(Cl)c2)cc1Cl. The van der Waals surface area contributed by atoms with Crippen LogP contribution in [0.5, 0.6) is 11.5 Å². The highest BCUT2D eigenvalue weighted by atomic mass is 35.5. The molecule has 2 aromatic rings. The van der Waals surface area contributed by atoms with Crippen LogP contribution in [0.1, 0.15) is 19.4 Å². The third-order valence-electron chi connectivity index (χ3n) is 3.41. The third-order valence-corrected chi connectivity index (χ3v) is 3.94. The number of halogens is 2. The molecule has 0 saturated carbocycles. The molecule has 0 aromatic heterocycles. The lowest BCUT2D eigenvalue weighted by atomic mass is 10.1. The molecule has 0 radical (unpaired) electrons. The fourth-order valence-corrected chi connectivity index (χ4v) is 2.70. The van der Waals surface area contributed by atoms with Crippen LogP contribution in [-0.2, 0) is 4.79 Å². The molecule has 0 aliphatic heterocycles. The predicted molar refractivity (Wildman–Crippen MR) is 107 cm³/mol. The van der Waals surface area contributed by atoms with Gasteiger partial charge in [0.25, 0.3) is 5.91 Å². The first-order valence-electron chi connectivity index (χ1n) is 8.26. The van der Waals surface area contributed by atoms with Crippen LogP contribution in [0.2, 0.25) is 10.0 Å². The minimum absolute atomic E-state index is 0.101. The van der Waals surface area contributed by atoms with Gasteiger partial charge in [-0.15, -0.1) is 0 Å². The quantitative estimate of drug-likeness (QED) is 0.499. The lowest BCUT2D eigenvalue weighted by molar-refractivity contribution is -0.112. The molecule has 0 saturated heterocycles. The summed E-state index contributed by atoms with van der Waals surface area (Å²) in [6.07, 6.45) is 1.42. The largest absolute Gasteiger partial charge is 0.493 e. The van der Waals surface area contributed by atoms with Crippen molar-refractivity contribution < 1.29 is 14.3 Å². The van der Waals surface area contributed by atoms with Crippen molar-refractivity contribution in [2.24, 2.45) is 0 Å². The van der Waals surface area contributed by atoms with E-state index in [0.717, 1.165) is 0 Å². The summed E-state index contributed by atoms with van der Waals surface area (Å²) in [5.74, 6) is 0.377. The third kappa shape index (κ3) is 5.65. The van der Waals surface area contributed by atoms with Gasteiger partial charge in [0, 0.05) is 22.3 Å². The molecule has 0 aliphatic rings. The van der Waals surface area contributed by atoms with E-state index in [-0.39, 0.29) is 5.57 Å². The van der Waals surface area contributed by atoms with Crippen molar-refractivity contribution in [1.29, 1.82) is 5.26 Å². The Morgan fingerprint density at radius 2 is 1.85 bits per heavy atom. The van der Waals surface area contributed by atoms with Crippen LogP contribution in [0.3, 0.4) is 0 Å². The summed E-state index contributed by atoms with van der Waals surface area (Å²) >= 11 is 12.1. The number of rotatable bonds is 7. The number of nitriles is 1. The second kappa shape index (κ2) is 9.86. The molecule has 0 unspecified atom stereocenters. The highest BCUT2D eigenvalue weighted by molar-refractivity contribution is 6.32. The molecular formula is C20H18Cl2N2O3. The van der Waals surface area contributed by atoms with Gasteiger partial charge in [-0.05, 0) is 44.2 Å². The summed E-state index contributed by atoms with van der Waals surface area (Å²) in [5.41, 5.74) is 0.891. The molecule has 0 aliphatic carbocycles. The van der Waals surface area contributed by atoms with E-state index in [1.807, 2.05) is 19.9 Å². The molecule has 27 heavy (non-hydrogen) atoms. The van der Waals surface area contributed by atoms with Gasteiger partial charge >= 0.3 is 0 Å². The molecule has 0 bridgehead atoms. The maximum Gasteiger partial charge on any atom is 0.266 e. The Balaban J connectivity index is 2.36. The molecular weight excluding hydrogens is 387 g/mol. The van der Waals surface area contributed by atoms with Gasteiger partial charge in [-0.3, -0.25) is 4.79 Å². The summed E-state index contributed by atoms with van der Waals surface area (Å²) in [4.78, 5) is 12.4. The van der Waals surface area contributed by atoms with E-state index >= 15 is 0 Å². The summed E-state index contributed by atoms with van der Waals surface area (Å²) in [5, 5.41) is 12.9. The molecule has 5 nitrogen and oxygen atoms in total. The number of carbonyl (C=O) groups excluding carboxylic acids is 1. The van der Waals surface area contributed by atoms with Crippen LogP contribution in [0.25, 0.3) is 6.08 Å². The van der Waals surface area contributed by atoms with E-state index in [2.05, 4.69) is 5.32 Å². The second-order valence-electron chi connectivity index (χ2n) is 5.32. The van der Waals surface area contributed by atoms with Gasteiger partial charge in [-0.25, -0.2) is 0 Å². The Kier molecular flexibility index (Phi) is 7.54. The maximum atomic E-state index is 12.4. The first-order chi connectivity index (χ1) is 13.0. The smallest absolute Gasteiger partial charge is 0.266 e. The number of hydrogen-bond acceptors (Lipinski definition) is 4. The topological polar surface area (TPSA) is 71.3 Å². The highest BCUT2D eigenvalue weighted by Crippen LogP contribution is 2.34. The number of nitrogens with one attached hydrogen (secondary N) is 1. The minimum Gasteiger partial charge on any atom is -0.493 e. The van der Waals surface area contributed by atoms with Crippen molar-refractivity contribution in [3.8, 4) is 17.6 Å². The van der Waals surface area contributed by atoms with Crippen LogP contribution < -0.4 is 14.8 Å². The maximum absolute atomic E-state index is 12.4. The van der Waals surface area contributed by atoms with Crippen LogP contribution in [0.15, 0.2) is 42.0 Å². The van der Waals surface area contributed by atoms with E-state index in [0.29, 0.717) is 46.0 Å². The normalized spacial score (nSPS) is 10.9. The molecule has 1 N–H and O–H groups in total. The number of ether oxygens (including phenoxy) is 2. The van der Waals surface area contributed by atoms with Gasteiger partial charge in [-0.2, -0.15) is 5.26 Å². The van der Waals surface area contributed by atoms with E-state index < -0.39 is 5.91 Å². The average molecular weight is 405 g/mol. The number of hydrogen-bond donors (Lipinski definition) is 1. The van der Waals surface area contributed by atoms with Crippen LogP contribution in [0, 0.1) is 11.3 Å². The summed E-state index contributed by atoms with van der Waals surface area (Å²) in [6, 6.07) is 11.8. The molecule has 0 heterocycles. The molecule has 1 amide bonds. The zero-order valence-corrected chi connectivity index (χ0v) is 16.4. The fraction of sp³-hybridized carbons (Fsp3) is 0.200. The van der Waals surface area contributed by atoms with Crippen molar-refractivity contribution in [3.63, 3.8) is 0 Å². The Morgan fingerprint density at radius 3 is 2.48 bits per heavy atom. The Hall–Kier alpha value is -2.68. The lowest BCUT2D eigenvalue weighted by Gasteiger charge is -2.12.